The number of rotatable bonds is 4. The number of hydrogen-bond donors (Lipinski definition) is 1. The van der Waals surface area contributed by atoms with Gasteiger partial charge in [-0.1, -0.05) is 18.2 Å². The molecule has 2 aromatic rings. The SMILES string of the molecule is CC(N)Cc1ccc(N(C)c2ccccc2F)c(Br)c1. The van der Waals surface area contributed by atoms with Crippen molar-refractivity contribution in [3.63, 3.8) is 0 Å². The molecular weight excluding hydrogens is 319 g/mol. The predicted octanol–water partition coefficient (Wildman–Crippen LogP) is 4.25. The molecule has 0 saturated heterocycles. The second-order valence-corrected chi connectivity index (χ2v) is 5.83. The summed E-state index contributed by atoms with van der Waals surface area (Å²) in [6.07, 6.45) is 0.822. The Morgan fingerprint density at radius 2 is 1.90 bits per heavy atom. The first kappa shape index (κ1) is 15.0. The topological polar surface area (TPSA) is 29.3 Å². The summed E-state index contributed by atoms with van der Waals surface area (Å²) in [5.41, 5.74) is 8.44. The molecule has 20 heavy (non-hydrogen) atoms. The summed E-state index contributed by atoms with van der Waals surface area (Å²) >= 11 is 3.55. The Morgan fingerprint density at radius 3 is 2.50 bits per heavy atom. The van der Waals surface area contributed by atoms with Crippen LogP contribution in [0, 0.1) is 5.82 Å². The van der Waals surface area contributed by atoms with Crippen LogP contribution in [0.1, 0.15) is 12.5 Å². The summed E-state index contributed by atoms with van der Waals surface area (Å²) in [5, 5.41) is 0. The minimum absolute atomic E-state index is 0.122. The highest BCUT2D eigenvalue weighted by atomic mass is 79.9. The van der Waals surface area contributed by atoms with Crippen molar-refractivity contribution in [3.05, 3.63) is 58.3 Å². The number of anilines is 2. The van der Waals surface area contributed by atoms with Gasteiger partial charge >= 0.3 is 0 Å². The number of hydrogen-bond acceptors (Lipinski definition) is 2. The van der Waals surface area contributed by atoms with Crippen LogP contribution in [-0.2, 0) is 6.42 Å². The Bertz CT molecular complexity index is 599. The number of para-hydroxylation sites is 1. The van der Waals surface area contributed by atoms with Gasteiger partial charge in [0.2, 0.25) is 0 Å². The highest BCUT2D eigenvalue weighted by Gasteiger charge is 2.12. The smallest absolute Gasteiger partial charge is 0.146 e. The maximum absolute atomic E-state index is 13.8. The summed E-state index contributed by atoms with van der Waals surface area (Å²) in [6.45, 7) is 1.98. The standard InChI is InChI=1S/C16H18BrFN2/c1-11(19)9-12-7-8-15(13(17)10-12)20(2)16-6-4-3-5-14(16)18/h3-8,10-11H,9,19H2,1-2H3. The first-order valence-corrected chi connectivity index (χ1v) is 7.30. The van der Waals surface area contributed by atoms with Crippen LogP contribution < -0.4 is 10.6 Å². The van der Waals surface area contributed by atoms with Crippen molar-refractivity contribution >= 4 is 27.3 Å². The third-order valence-corrected chi connectivity index (χ3v) is 3.78. The number of benzene rings is 2. The lowest BCUT2D eigenvalue weighted by Gasteiger charge is -2.22. The van der Waals surface area contributed by atoms with Gasteiger partial charge in [-0.05, 0) is 59.1 Å². The fraction of sp³-hybridized carbons (Fsp3) is 0.250. The van der Waals surface area contributed by atoms with Crippen LogP contribution in [0.25, 0.3) is 0 Å². The fourth-order valence-electron chi connectivity index (χ4n) is 2.17. The molecule has 1 atom stereocenters. The van der Waals surface area contributed by atoms with Gasteiger partial charge in [0.1, 0.15) is 5.82 Å². The highest BCUT2D eigenvalue weighted by molar-refractivity contribution is 9.10. The molecule has 0 spiro atoms. The number of halogens is 2. The van der Waals surface area contributed by atoms with E-state index in [0.717, 1.165) is 22.1 Å². The zero-order chi connectivity index (χ0) is 14.7. The maximum atomic E-state index is 13.8. The maximum Gasteiger partial charge on any atom is 0.146 e. The van der Waals surface area contributed by atoms with Gasteiger partial charge in [-0.3, -0.25) is 0 Å². The molecule has 1 unspecified atom stereocenters. The number of nitrogens with two attached hydrogens (primary N) is 1. The highest BCUT2D eigenvalue weighted by Crippen LogP contribution is 2.33. The molecule has 0 aliphatic carbocycles. The second kappa shape index (κ2) is 6.37. The largest absolute Gasteiger partial charge is 0.341 e. The van der Waals surface area contributed by atoms with Crippen LogP contribution in [0.5, 0.6) is 0 Å². The monoisotopic (exact) mass is 336 g/mol. The minimum Gasteiger partial charge on any atom is -0.341 e. The normalized spacial score (nSPS) is 12.2. The molecule has 0 radical (unpaired) electrons. The van der Waals surface area contributed by atoms with E-state index in [1.165, 1.54) is 6.07 Å². The van der Waals surface area contributed by atoms with E-state index < -0.39 is 0 Å². The van der Waals surface area contributed by atoms with Crippen LogP contribution in [0.2, 0.25) is 0 Å². The van der Waals surface area contributed by atoms with Crippen molar-refractivity contribution in [1.82, 2.24) is 0 Å². The quantitative estimate of drug-likeness (QED) is 0.904. The van der Waals surface area contributed by atoms with E-state index in [2.05, 4.69) is 15.9 Å². The molecule has 0 fully saturated rings. The van der Waals surface area contributed by atoms with E-state index >= 15 is 0 Å². The lowest BCUT2D eigenvalue weighted by atomic mass is 10.1. The molecule has 2 aromatic carbocycles. The van der Waals surface area contributed by atoms with Crippen LogP contribution >= 0.6 is 15.9 Å². The molecule has 2 rings (SSSR count). The van der Waals surface area contributed by atoms with Gasteiger partial charge in [0.15, 0.2) is 0 Å². The van der Waals surface area contributed by atoms with Crippen molar-refractivity contribution in [1.29, 1.82) is 0 Å². The first-order valence-electron chi connectivity index (χ1n) is 6.51. The Labute approximate surface area is 127 Å². The van der Waals surface area contributed by atoms with Gasteiger partial charge < -0.3 is 10.6 Å². The lowest BCUT2D eigenvalue weighted by molar-refractivity contribution is 0.627. The average Bonchev–Trinajstić information content (AvgIpc) is 2.38. The van der Waals surface area contributed by atoms with Crippen molar-refractivity contribution in [3.8, 4) is 0 Å². The van der Waals surface area contributed by atoms with E-state index in [0.29, 0.717) is 5.69 Å². The van der Waals surface area contributed by atoms with Crippen molar-refractivity contribution in [2.24, 2.45) is 5.73 Å². The van der Waals surface area contributed by atoms with E-state index in [4.69, 9.17) is 5.73 Å². The molecule has 2 nitrogen and oxygen atoms in total. The summed E-state index contributed by atoms with van der Waals surface area (Å²) in [5.74, 6) is -0.235. The Hall–Kier alpha value is -1.39. The van der Waals surface area contributed by atoms with Crippen molar-refractivity contribution < 1.29 is 4.39 Å². The zero-order valence-electron chi connectivity index (χ0n) is 11.6. The molecule has 0 aliphatic rings. The predicted molar refractivity (Wildman–Crippen MR) is 86.0 cm³/mol. The summed E-state index contributed by atoms with van der Waals surface area (Å²) < 4.78 is 14.8. The van der Waals surface area contributed by atoms with Gasteiger partial charge in [-0.15, -0.1) is 0 Å². The molecular formula is C16H18BrFN2. The van der Waals surface area contributed by atoms with Crippen LogP contribution in [0.3, 0.4) is 0 Å². The summed E-state index contributed by atoms with van der Waals surface area (Å²) in [4.78, 5) is 1.83. The van der Waals surface area contributed by atoms with Crippen LogP contribution in [0.15, 0.2) is 46.9 Å². The molecule has 2 N–H and O–H groups in total. The molecule has 0 saturated carbocycles. The van der Waals surface area contributed by atoms with Gasteiger partial charge in [0.25, 0.3) is 0 Å². The zero-order valence-corrected chi connectivity index (χ0v) is 13.2. The molecule has 0 heterocycles. The van der Waals surface area contributed by atoms with Crippen LogP contribution in [-0.4, -0.2) is 13.1 Å². The lowest BCUT2D eigenvalue weighted by Crippen LogP contribution is -2.18. The van der Waals surface area contributed by atoms with Gasteiger partial charge in [0, 0.05) is 17.6 Å². The first-order chi connectivity index (χ1) is 9.49. The van der Waals surface area contributed by atoms with Crippen molar-refractivity contribution in [2.75, 3.05) is 11.9 Å². The number of nitrogens with zero attached hydrogens (tertiary/aromatic N) is 1. The molecule has 0 aliphatic heterocycles. The summed E-state index contributed by atoms with van der Waals surface area (Å²) in [7, 11) is 1.85. The second-order valence-electron chi connectivity index (χ2n) is 4.98. The third-order valence-electron chi connectivity index (χ3n) is 3.14. The Balaban J connectivity index is 2.31. The van der Waals surface area contributed by atoms with Gasteiger partial charge in [-0.2, -0.15) is 0 Å². The molecule has 106 valence electrons. The summed E-state index contributed by atoms with van der Waals surface area (Å²) in [6, 6.07) is 12.9. The van der Waals surface area contributed by atoms with Crippen LogP contribution in [0.4, 0.5) is 15.8 Å². The van der Waals surface area contributed by atoms with Gasteiger partial charge in [-0.25, -0.2) is 4.39 Å². The molecule has 0 aromatic heterocycles. The molecule has 0 amide bonds. The van der Waals surface area contributed by atoms with E-state index in [1.807, 2.05) is 43.1 Å². The van der Waals surface area contributed by atoms with Crippen molar-refractivity contribution in [2.45, 2.75) is 19.4 Å². The molecule has 4 heteroatoms. The Kier molecular flexibility index (Phi) is 4.78. The minimum atomic E-state index is -0.235. The van der Waals surface area contributed by atoms with E-state index in [9.17, 15) is 4.39 Å². The van der Waals surface area contributed by atoms with E-state index in [-0.39, 0.29) is 11.9 Å². The third kappa shape index (κ3) is 3.38. The Morgan fingerprint density at radius 1 is 1.20 bits per heavy atom. The van der Waals surface area contributed by atoms with E-state index in [1.54, 1.807) is 12.1 Å². The molecule has 0 bridgehead atoms. The fourth-order valence-corrected chi connectivity index (χ4v) is 2.87. The van der Waals surface area contributed by atoms with Gasteiger partial charge in [0.05, 0.1) is 11.4 Å². The average molecular weight is 337 g/mol.